The van der Waals surface area contributed by atoms with Crippen LogP contribution in [0.1, 0.15) is 38.3 Å². The average Bonchev–Trinajstić information content (AvgIpc) is 2.83. The highest BCUT2D eigenvalue weighted by Gasteiger charge is 2.24. The molecule has 1 aliphatic rings. The maximum atomic E-state index is 5.39. The fraction of sp³-hybridized carbons (Fsp3) is 0.714. The second-order valence-electron chi connectivity index (χ2n) is 5.16. The molecule has 19 heavy (non-hydrogen) atoms. The summed E-state index contributed by atoms with van der Waals surface area (Å²) >= 11 is 0. The van der Waals surface area contributed by atoms with Crippen LogP contribution in [0.25, 0.3) is 0 Å². The number of aryl methyl sites for hydroxylation is 1. The normalized spacial score (nSPS) is 22.5. The first-order valence-electron chi connectivity index (χ1n) is 7.10. The molecule has 106 valence electrons. The van der Waals surface area contributed by atoms with E-state index >= 15 is 0 Å². The van der Waals surface area contributed by atoms with E-state index in [0.717, 1.165) is 43.7 Å². The zero-order valence-corrected chi connectivity index (χ0v) is 12.1. The van der Waals surface area contributed by atoms with Crippen LogP contribution in [0.4, 0.5) is 11.8 Å². The van der Waals surface area contributed by atoms with Crippen molar-refractivity contribution in [2.24, 2.45) is 0 Å². The number of nitrogens with one attached hydrogen (secondary N) is 2. The van der Waals surface area contributed by atoms with Crippen molar-refractivity contribution < 1.29 is 4.74 Å². The largest absolute Gasteiger partial charge is 0.381 e. The van der Waals surface area contributed by atoms with Gasteiger partial charge in [0.25, 0.3) is 0 Å². The van der Waals surface area contributed by atoms with E-state index < -0.39 is 0 Å². The summed E-state index contributed by atoms with van der Waals surface area (Å²) in [4.78, 5) is 8.90. The van der Waals surface area contributed by atoms with Gasteiger partial charge in [0.15, 0.2) is 0 Å². The molecule has 0 saturated heterocycles. The van der Waals surface area contributed by atoms with E-state index in [-0.39, 0.29) is 0 Å². The van der Waals surface area contributed by atoms with Crippen LogP contribution in [0.3, 0.4) is 0 Å². The summed E-state index contributed by atoms with van der Waals surface area (Å²) < 4.78 is 5.39. The Morgan fingerprint density at radius 3 is 2.89 bits per heavy atom. The number of rotatable bonds is 6. The van der Waals surface area contributed by atoms with Gasteiger partial charge in [-0.1, -0.05) is 6.92 Å². The Morgan fingerprint density at radius 2 is 2.21 bits per heavy atom. The zero-order chi connectivity index (χ0) is 13.7. The van der Waals surface area contributed by atoms with E-state index in [1.54, 1.807) is 7.11 Å². The standard InChI is InChI=1S/C14H24N4O/c1-4-7-15-14-16-10(2)8-13(18-14)17-11-5-6-12(9-11)19-3/h8,11-12H,4-7,9H2,1-3H3,(H2,15,16,17,18). The minimum absolute atomic E-state index is 0.387. The maximum Gasteiger partial charge on any atom is 0.224 e. The lowest BCUT2D eigenvalue weighted by Gasteiger charge is -2.15. The Kier molecular flexibility index (Phi) is 4.96. The van der Waals surface area contributed by atoms with E-state index in [4.69, 9.17) is 4.74 Å². The summed E-state index contributed by atoms with van der Waals surface area (Å²) in [7, 11) is 1.79. The van der Waals surface area contributed by atoms with E-state index in [1.165, 1.54) is 0 Å². The minimum Gasteiger partial charge on any atom is -0.381 e. The fourth-order valence-corrected chi connectivity index (χ4v) is 2.45. The van der Waals surface area contributed by atoms with Crippen molar-refractivity contribution in [2.75, 3.05) is 24.3 Å². The fourth-order valence-electron chi connectivity index (χ4n) is 2.45. The number of anilines is 2. The van der Waals surface area contributed by atoms with Gasteiger partial charge < -0.3 is 15.4 Å². The third kappa shape index (κ3) is 4.06. The van der Waals surface area contributed by atoms with Gasteiger partial charge in [0.2, 0.25) is 5.95 Å². The summed E-state index contributed by atoms with van der Waals surface area (Å²) in [6, 6.07) is 2.45. The van der Waals surface area contributed by atoms with Gasteiger partial charge in [0, 0.05) is 31.5 Å². The van der Waals surface area contributed by atoms with Crippen molar-refractivity contribution >= 4 is 11.8 Å². The lowest BCUT2D eigenvalue weighted by Crippen LogP contribution is -2.19. The maximum absolute atomic E-state index is 5.39. The first-order valence-corrected chi connectivity index (χ1v) is 7.10. The Bertz CT molecular complexity index is 410. The van der Waals surface area contributed by atoms with Crippen LogP contribution in [-0.2, 0) is 4.74 Å². The van der Waals surface area contributed by atoms with Crippen molar-refractivity contribution in [3.05, 3.63) is 11.8 Å². The lowest BCUT2D eigenvalue weighted by molar-refractivity contribution is 0.108. The molecule has 1 aromatic rings. The van der Waals surface area contributed by atoms with E-state index in [2.05, 4.69) is 27.5 Å². The average molecular weight is 264 g/mol. The Morgan fingerprint density at radius 1 is 1.37 bits per heavy atom. The second kappa shape index (κ2) is 6.70. The molecule has 2 atom stereocenters. The monoisotopic (exact) mass is 264 g/mol. The number of hydrogen-bond acceptors (Lipinski definition) is 5. The number of methoxy groups -OCH3 is 1. The number of hydrogen-bond donors (Lipinski definition) is 2. The van der Waals surface area contributed by atoms with Gasteiger partial charge in [-0.3, -0.25) is 0 Å². The molecule has 1 aliphatic carbocycles. The predicted molar refractivity (Wildman–Crippen MR) is 77.6 cm³/mol. The third-order valence-electron chi connectivity index (χ3n) is 3.46. The summed E-state index contributed by atoms with van der Waals surface area (Å²) in [6.45, 7) is 5.03. The summed E-state index contributed by atoms with van der Waals surface area (Å²) in [6.07, 6.45) is 4.77. The highest BCUT2D eigenvalue weighted by atomic mass is 16.5. The molecule has 2 rings (SSSR count). The van der Waals surface area contributed by atoms with Crippen molar-refractivity contribution in [1.29, 1.82) is 0 Å². The van der Waals surface area contributed by atoms with E-state index in [9.17, 15) is 0 Å². The number of aromatic nitrogens is 2. The Balaban J connectivity index is 1.97. The second-order valence-corrected chi connectivity index (χ2v) is 5.16. The summed E-state index contributed by atoms with van der Waals surface area (Å²) in [5.41, 5.74) is 0.984. The van der Waals surface area contributed by atoms with Crippen molar-refractivity contribution in [1.82, 2.24) is 9.97 Å². The molecule has 1 fully saturated rings. The molecule has 2 N–H and O–H groups in total. The third-order valence-corrected chi connectivity index (χ3v) is 3.46. The van der Waals surface area contributed by atoms with Crippen LogP contribution in [0.5, 0.6) is 0 Å². The van der Waals surface area contributed by atoms with Gasteiger partial charge >= 0.3 is 0 Å². The predicted octanol–water partition coefficient (Wildman–Crippen LogP) is 2.59. The van der Waals surface area contributed by atoms with Crippen LogP contribution in [0.2, 0.25) is 0 Å². The van der Waals surface area contributed by atoms with Gasteiger partial charge in [-0.05, 0) is 32.6 Å². The molecular formula is C14H24N4O. The molecule has 2 unspecified atom stereocenters. The van der Waals surface area contributed by atoms with Gasteiger partial charge in [0.05, 0.1) is 6.10 Å². The molecule has 0 radical (unpaired) electrons. The van der Waals surface area contributed by atoms with Crippen LogP contribution < -0.4 is 10.6 Å². The molecule has 5 nitrogen and oxygen atoms in total. The highest BCUT2D eigenvalue weighted by molar-refractivity contribution is 5.43. The summed E-state index contributed by atoms with van der Waals surface area (Å²) in [5, 5.41) is 6.73. The smallest absolute Gasteiger partial charge is 0.224 e. The van der Waals surface area contributed by atoms with Crippen molar-refractivity contribution in [2.45, 2.75) is 51.7 Å². The van der Waals surface area contributed by atoms with Gasteiger partial charge in [-0.15, -0.1) is 0 Å². The molecule has 5 heteroatoms. The highest BCUT2D eigenvalue weighted by Crippen LogP contribution is 2.24. The number of ether oxygens (including phenoxy) is 1. The molecule has 0 amide bonds. The van der Waals surface area contributed by atoms with Crippen LogP contribution >= 0.6 is 0 Å². The topological polar surface area (TPSA) is 59.1 Å². The van der Waals surface area contributed by atoms with Crippen LogP contribution in [-0.4, -0.2) is 35.8 Å². The van der Waals surface area contributed by atoms with Crippen molar-refractivity contribution in [3.8, 4) is 0 Å². The molecule has 1 heterocycles. The molecule has 1 saturated carbocycles. The summed E-state index contributed by atoms with van der Waals surface area (Å²) in [5.74, 6) is 1.62. The molecule has 0 bridgehead atoms. The molecular weight excluding hydrogens is 240 g/mol. The zero-order valence-electron chi connectivity index (χ0n) is 12.1. The Hall–Kier alpha value is -1.36. The SMILES string of the molecule is CCCNc1nc(C)cc(NC2CCC(OC)C2)n1. The van der Waals surface area contributed by atoms with Crippen LogP contribution in [0, 0.1) is 6.92 Å². The minimum atomic E-state index is 0.387. The van der Waals surface area contributed by atoms with Crippen molar-refractivity contribution in [3.63, 3.8) is 0 Å². The molecule has 0 aromatic carbocycles. The first kappa shape index (κ1) is 14.1. The van der Waals surface area contributed by atoms with Crippen LogP contribution in [0.15, 0.2) is 6.07 Å². The Labute approximate surface area is 115 Å². The first-order chi connectivity index (χ1) is 9.21. The lowest BCUT2D eigenvalue weighted by atomic mass is 10.2. The molecule has 1 aromatic heterocycles. The van der Waals surface area contributed by atoms with E-state index in [0.29, 0.717) is 18.1 Å². The van der Waals surface area contributed by atoms with Gasteiger partial charge in [0.1, 0.15) is 5.82 Å². The number of nitrogens with zero attached hydrogens (tertiary/aromatic N) is 2. The van der Waals surface area contributed by atoms with Gasteiger partial charge in [-0.2, -0.15) is 4.98 Å². The molecule has 0 aliphatic heterocycles. The quantitative estimate of drug-likeness (QED) is 0.827. The van der Waals surface area contributed by atoms with Gasteiger partial charge in [-0.25, -0.2) is 4.98 Å². The van der Waals surface area contributed by atoms with E-state index in [1.807, 2.05) is 13.0 Å². The molecule has 0 spiro atoms.